The number of carbonyl (C=O) groups is 1. The van der Waals surface area contributed by atoms with E-state index in [-0.39, 0.29) is 0 Å². The van der Waals surface area contributed by atoms with Crippen LogP contribution in [0.25, 0.3) is 22.2 Å². The summed E-state index contributed by atoms with van der Waals surface area (Å²) in [4.78, 5) is 25.9. The third-order valence-electron chi connectivity index (χ3n) is 8.20. The zero-order valence-corrected chi connectivity index (χ0v) is 25.4. The fourth-order valence-corrected chi connectivity index (χ4v) is 7.30. The summed E-state index contributed by atoms with van der Waals surface area (Å²) in [5, 5.41) is 5.58. The Morgan fingerprint density at radius 1 is 1.02 bits per heavy atom. The van der Waals surface area contributed by atoms with E-state index >= 15 is 0 Å². The van der Waals surface area contributed by atoms with E-state index in [1.165, 1.54) is 12.5 Å². The lowest BCUT2D eigenvalue weighted by molar-refractivity contribution is -0.130. The first-order valence-corrected chi connectivity index (χ1v) is 18.6. The second-order valence-corrected chi connectivity index (χ2v) is 18.2. The largest absolute Gasteiger partial charge is 0.439 e. The third-order valence-corrected chi connectivity index (χ3v) is 10.1. The zero-order chi connectivity index (χ0) is 28.4. The molecular weight excluding hydrogens is 528 g/mol. The molecule has 2 aliphatic heterocycles. The molecule has 6 rings (SSSR count). The van der Waals surface area contributed by atoms with Gasteiger partial charge in [0.1, 0.15) is 5.75 Å². The molecule has 8 nitrogen and oxygen atoms in total. The van der Waals surface area contributed by atoms with Gasteiger partial charge in [0.05, 0.1) is 16.9 Å². The molecule has 214 valence electrons. The molecule has 3 aromatic heterocycles. The molecule has 1 unspecified atom stereocenters. The number of aryl methyl sites for hydroxylation is 1. The molecule has 2 aliphatic rings. The van der Waals surface area contributed by atoms with Gasteiger partial charge in [0.15, 0.2) is 0 Å². The molecule has 5 heterocycles. The SMILES string of the molecule is C[Si](C)(C)CCCCn1nccc1-c1ccc(Oc2ccc3nc(CN4CCN5C(=O)CCC5C4)ccc3c2)nc1. The summed E-state index contributed by atoms with van der Waals surface area (Å²) in [6.45, 7) is 11.7. The number of benzene rings is 1. The van der Waals surface area contributed by atoms with Gasteiger partial charge in [-0.3, -0.25) is 19.4 Å². The van der Waals surface area contributed by atoms with Crippen LogP contribution in [0.1, 0.15) is 31.4 Å². The fourth-order valence-electron chi connectivity index (χ4n) is 5.98. The lowest BCUT2D eigenvalue weighted by Crippen LogP contribution is -2.51. The number of pyridine rings is 2. The Labute approximate surface area is 243 Å². The van der Waals surface area contributed by atoms with E-state index in [2.05, 4.69) is 62.4 Å². The van der Waals surface area contributed by atoms with E-state index in [1.54, 1.807) is 0 Å². The van der Waals surface area contributed by atoms with Crippen molar-refractivity contribution >= 4 is 24.9 Å². The van der Waals surface area contributed by atoms with Gasteiger partial charge in [-0.15, -0.1) is 0 Å². The number of fused-ring (bicyclic) bond motifs is 2. The molecule has 9 heteroatoms. The van der Waals surface area contributed by atoms with E-state index in [4.69, 9.17) is 9.72 Å². The summed E-state index contributed by atoms with van der Waals surface area (Å²) in [5.41, 5.74) is 4.13. The number of amides is 1. The molecule has 1 atom stereocenters. The van der Waals surface area contributed by atoms with Crippen LogP contribution in [0.5, 0.6) is 11.6 Å². The van der Waals surface area contributed by atoms with Crippen molar-refractivity contribution in [3.63, 3.8) is 0 Å². The Hall–Kier alpha value is -3.56. The fraction of sp³-hybridized carbons (Fsp3) is 0.438. The smallest absolute Gasteiger partial charge is 0.222 e. The molecule has 1 amide bonds. The molecule has 0 bridgehead atoms. The molecule has 41 heavy (non-hydrogen) atoms. The Bertz CT molecular complexity index is 1510. The summed E-state index contributed by atoms with van der Waals surface area (Å²) >= 11 is 0. The number of rotatable bonds is 10. The van der Waals surface area contributed by atoms with Gasteiger partial charge in [-0.05, 0) is 49.2 Å². The lowest BCUT2D eigenvalue weighted by Gasteiger charge is -2.37. The van der Waals surface area contributed by atoms with Gasteiger partial charge >= 0.3 is 0 Å². The highest BCUT2D eigenvalue weighted by Gasteiger charge is 2.35. The van der Waals surface area contributed by atoms with E-state index in [0.29, 0.717) is 24.2 Å². The number of aromatic nitrogens is 4. The first-order chi connectivity index (χ1) is 19.8. The summed E-state index contributed by atoms with van der Waals surface area (Å²) in [6.07, 6.45) is 7.80. The van der Waals surface area contributed by atoms with Crippen LogP contribution in [0.15, 0.2) is 60.9 Å². The molecule has 2 fully saturated rings. The topological polar surface area (TPSA) is 76.4 Å². The predicted octanol–water partition coefficient (Wildman–Crippen LogP) is 6.21. The van der Waals surface area contributed by atoms with E-state index < -0.39 is 8.07 Å². The molecule has 2 saturated heterocycles. The van der Waals surface area contributed by atoms with Gasteiger partial charge in [0.25, 0.3) is 0 Å². The Morgan fingerprint density at radius 3 is 2.76 bits per heavy atom. The van der Waals surface area contributed by atoms with Gasteiger partial charge in [0, 0.05) is 82.7 Å². The monoisotopic (exact) mass is 568 g/mol. The number of hydrogen-bond donors (Lipinski definition) is 0. The van der Waals surface area contributed by atoms with E-state index in [1.807, 2.05) is 42.7 Å². The first kappa shape index (κ1) is 27.6. The van der Waals surface area contributed by atoms with Crippen LogP contribution in [0.2, 0.25) is 25.7 Å². The Morgan fingerprint density at radius 2 is 1.93 bits per heavy atom. The van der Waals surface area contributed by atoms with Crippen molar-refractivity contribution in [3.8, 4) is 22.9 Å². The average Bonchev–Trinajstić information content (AvgIpc) is 3.57. The number of carbonyl (C=O) groups excluding carboxylic acids is 1. The van der Waals surface area contributed by atoms with Crippen molar-refractivity contribution in [2.75, 3.05) is 19.6 Å². The Balaban J connectivity index is 1.06. The first-order valence-electron chi connectivity index (χ1n) is 14.9. The summed E-state index contributed by atoms with van der Waals surface area (Å²) in [7, 11) is -0.996. The summed E-state index contributed by atoms with van der Waals surface area (Å²) in [6, 6.07) is 17.9. The summed E-state index contributed by atoms with van der Waals surface area (Å²) in [5.74, 6) is 1.61. The van der Waals surface area contributed by atoms with E-state index in [0.717, 1.165) is 79.2 Å². The maximum atomic E-state index is 12.0. The number of unbranched alkanes of at least 4 members (excludes halogenated alkanes) is 1. The van der Waals surface area contributed by atoms with E-state index in [9.17, 15) is 4.79 Å². The van der Waals surface area contributed by atoms with Crippen molar-refractivity contribution in [1.29, 1.82) is 0 Å². The molecule has 0 spiro atoms. The number of nitrogens with zero attached hydrogens (tertiary/aromatic N) is 6. The van der Waals surface area contributed by atoms with Crippen LogP contribution in [-0.2, 0) is 17.9 Å². The lowest BCUT2D eigenvalue weighted by atomic mass is 10.1. The minimum atomic E-state index is -0.996. The molecule has 0 saturated carbocycles. The quantitative estimate of drug-likeness (QED) is 0.167. The van der Waals surface area contributed by atoms with Crippen molar-refractivity contribution in [1.82, 2.24) is 29.5 Å². The molecular formula is C32H40N6O2Si. The molecule has 0 N–H and O–H groups in total. The second-order valence-electron chi connectivity index (χ2n) is 12.6. The van der Waals surface area contributed by atoms with Gasteiger partial charge in [0.2, 0.25) is 11.8 Å². The number of hydrogen-bond acceptors (Lipinski definition) is 6. The normalized spacial score (nSPS) is 17.8. The molecule has 4 aromatic rings. The standard InChI is InChI=1S/C32H40N6O2Si/c1-41(2,3)19-5-4-16-38-30(14-15-34-38)25-7-12-31(33-21-25)40-28-10-11-29-24(20-28)6-8-26(35-29)22-36-17-18-37-27(23-36)9-13-32(37)39/h6-8,10-12,14-15,20-21,27H,4-5,9,13,16-19,22-23H2,1-3H3. The van der Waals surface area contributed by atoms with Crippen molar-refractivity contribution in [3.05, 3.63) is 66.6 Å². The second kappa shape index (κ2) is 11.7. The third kappa shape index (κ3) is 6.68. The Kier molecular flexibility index (Phi) is 7.90. The molecule has 0 aliphatic carbocycles. The highest BCUT2D eigenvalue weighted by Crippen LogP contribution is 2.28. The predicted molar refractivity (Wildman–Crippen MR) is 165 cm³/mol. The number of ether oxygens (including phenoxy) is 1. The van der Waals surface area contributed by atoms with Crippen LogP contribution in [0.3, 0.4) is 0 Å². The van der Waals surface area contributed by atoms with Crippen LogP contribution >= 0.6 is 0 Å². The highest BCUT2D eigenvalue weighted by atomic mass is 28.3. The zero-order valence-electron chi connectivity index (χ0n) is 24.4. The van der Waals surface area contributed by atoms with Gasteiger partial charge in [-0.2, -0.15) is 5.10 Å². The number of piperazine rings is 1. The van der Waals surface area contributed by atoms with Gasteiger partial charge < -0.3 is 9.64 Å². The minimum Gasteiger partial charge on any atom is -0.439 e. The van der Waals surface area contributed by atoms with Crippen molar-refractivity contribution < 1.29 is 9.53 Å². The maximum absolute atomic E-state index is 12.0. The average molecular weight is 569 g/mol. The van der Waals surface area contributed by atoms with Gasteiger partial charge in [-0.1, -0.05) is 38.2 Å². The van der Waals surface area contributed by atoms with Crippen LogP contribution in [-0.4, -0.2) is 69.2 Å². The molecule has 0 radical (unpaired) electrons. The van der Waals surface area contributed by atoms with Crippen molar-refractivity contribution in [2.24, 2.45) is 0 Å². The van der Waals surface area contributed by atoms with Crippen LogP contribution in [0, 0.1) is 0 Å². The maximum Gasteiger partial charge on any atom is 0.222 e. The minimum absolute atomic E-state index is 0.314. The molecule has 1 aromatic carbocycles. The van der Waals surface area contributed by atoms with Gasteiger partial charge in [-0.25, -0.2) is 4.98 Å². The van der Waals surface area contributed by atoms with Crippen molar-refractivity contribution in [2.45, 2.75) is 70.5 Å². The highest BCUT2D eigenvalue weighted by molar-refractivity contribution is 6.76. The summed E-state index contributed by atoms with van der Waals surface area (Å²) < 4.78 is 8.19. The van der Waals surface area contributed by atoms with Crippen LogP contribution < -0.4 is 4.74 Å². The van der Waals surface area contributed by atoms with Crippen LogP contribution in [0.4, 0.5) is 0 Å².